The quantitative estimate of drug-likeness (QED) is 0.874. The Bertz CT molecular complexity index is 449. The Morgan fingerprint density at radius 2 is 2.21 bits per heavy atom. The van der Waals surface area contributed by atoms with E-state index in [9.17, 15) is 0 Å². The molecule has 104 valence electrons. The molecule has 1 aromatic rings. The first-order chi connectivity index (χ1) is 9.29. The summed E-state index contributed by atoms with van der Waals surface area (Å²) >= 11 is 0. The first-order valence-corrected chi connectivity index (χ1v) is 7.42. The van der Waals surface area contributed by atoms with Crippen molar-refractivity contribution >= 4 is 0 Å². The van der Waals surface area contributed by atoms with Gasteiger partial charge in [-0.3, -0.25) is 0 Å². The Balaban J connectivity index is 1.91. The summed E-state index contributed by atoms with van der Waals surface area (Å²) < 4.78 is 5.70. The molecule has 1 aromatic carbocycles. The van der Waals surface area contributed by atoms with E-state index in [4.69, 9.17) is 10.5 Å². The van der Waals surface area contributed by atoms with Crippen LogP contribution in [-0.2, 0) is 6.42 Å². The van der Waals surface area contributed by atoms with Gasteiger partial charge in [0.1, 0.15) is 5.75 Å². The highest BCUT2D eigenvalue weighted by Crippen LogP contribution is 2.49. The van der Waals surface area contributed by atoms with Crippen molar-refractivity contribution in [3.05, 3.63) is 29.3 Å². The van der Waals surface area contributed by atoms with Crippen LogP contribution in [0.5, 0.6) is 5.75 Å². The van der Waals surface area contributed by atoms with Crippen LogP contribution >= 0.6 is 0 Å². The van der Waals surface area contributed by atoms with Gasteiger partial charge in [0, 0.05) is 11.5 Å². The van der Waals surface area contributed by atoms with Crippen molar-refractivity contribution in [2.75, 3.05) is 20.2 Å². The normalized spacial score (nSPS) is 22.0. The molecule has 19 heavy (non-hydrogen) atoms. The maximum atomic E-state index is 6.06. The minimum absolute atomic E-state index is 0.262. The second kappa shape index (κ2) is 5.14. The SMILES string of the molecule is CNC(c1ccc2c(c1)CCCO2)C1(CN)CCC1. The van der Waals surface area contributed by atoms with Gasteiger partial charge >= 0.3 is 0 Å². The Morgan fingerprint density at radius 1 is 1.37 bits per heavy atom. The molecule has 0 radical (unpaired) electrons. The van der Waals surface area contributed by atoms with Gasteiger partial charge in [0.25, 0.3) is 0 Å². The fraction of sp³-hybridized carbons (Fsp3) is 0.625. The van der Waals surface area contributed by atoms with Gasteiger partial charge in [-0.15, -0.1) is 0 Å². The highest BCUT2D eigenvalue weighted by Gasteiger charge is 2.43. The van der Waals surface area contributed by atoms with Crippen LogP contribution in [0.3, 0.4) is 0 Å². The van der Waals surface area contributed by atoms with Gasteiger partial charge in [-0.25, -0.2) is 0 Å². The second-order valence-corrected chi connectivity index (χ2v) is 5.96. The number of hydrogen-bond acceptors (Lipinski definition) is 3. The van der Waals surface area contributed by atoms with Crippen molar-refractivity contribution in [2.24, 2.45) is 11.1 Å². The van der Waals surface area contributed by atoms with E-state index in [1.807, 2.05) is 0 Å². The zero-order valence-electron chi connectivity index (χ0n) is 11.7. The molecule has 0 aromatic heterocycles. The lowest BCUT2D eigenvalue weighted by Gasteiger charge is -2.47. The summed E-state index contributed by atoms with van der Waals surface area (Å²) in [7, 11) is 2.05. The maximum absolute atomic E-state index is 6.06. The molecule has 1 heterocycles. The van der Waals surface area contributed by atoms with Crippen LogP contribution in [0.15, 0.2) is 18.2 Å². The Morgan fingerprint density at radius 3 is 2.84 bits per heavy atom. The van der Waals surface area contributed by atoms with Gasteiger partial charge in [-0.1, -0.05) is 18.6 Å². The molecule has 0 amide bonds. The van der Waals surface area contributed by atoms with E-state index in [1.165, 1.54) is 30.4 Å². The third kappa shape index (κ3) is 2.15. The minimum atomic E-state index is 0.262. The minimum Gasteiger partial charge on any atom is -0.493 e. The summed E-state index contributed by atoms with van der Waals surface area (Å²) in [6, 6.07) is 7.04. The monoisotopic (exact) mass is 260 g/mol. The molecule has 2 aliphatic rings. The van der Waals surface area contributed by atoms with Crippen molar-refractivity contribution in [1.29, 1.82) is 0 Å². The molecule has 0 bridgehead atoms. The standard InChI is InChI=1S/C16H24N2O/c1-18-15(16(11-17)7-3-8-16)13-5-6-14-12(10-13)4-2-9-19-14/h5-6,10,15,18H,2-4,7-9,11,17H2,1H3. The van der Waals surface area contributed by atoms with Gasteiger partial charge in [-0.2, -0.15) is 0 Å². The van der Waals surface area contributed by atoms with Gasteiger partial charge in [0.15, 0.2) is 0 Å². The van der Waals surface area contributed by atoms with Gasteiger partial charge < -0.3 is 15.8 Å². The van der Waals surface area contributed by atoms with Gasteiger partial charge in [0.05, 0.1) is 6.61 Å². The molecule has 3 rings (SSSR count). The van der Waals surface area contributed by atoms with Crippen LogP contribution in [0.25, 0.3) is 0 Å². The van der Waals surface area contributed by atoms with Crippen molar-refractivity contribution in [2.45, 2.75) is 38.1 Å². The Labute approximate surface area is 115 Å². The lowest BCUT2D eigenvalue weighted by molar-refractivity contribution is 0.0878. The van der Waals surface area contributed by atoms with Crippen molar-refractivity contribution < 1.29 is 4.74 Å². The average molecular weight is 260 g/mol. The van der Waals surface area contributed by atoms with E-state index >= 15 is 0 Å². The van der Waals surface area contributed by atoms with Crippen molar-refractivity contribution in [1.82, 2.24) is 5.32 Å². The topological polar surface area (TPSA) is 47.3 Å². The molecule has 3 N–H and O–H groups in total. The highest BCUT2D eigenvalue weighted by atomic mass is 16.5. The first-order valence-electron chi connectivity index (χ1n) is 7.42. The van der Waals surface area contributed by atoms with Crippen LogP contribution in [0.2, 0.25) is 0 Å². The van der Waals surface area contributed by atoms with E-state index in [1.54, 1.807) is 0 Å². The summed E-state index contributed by atoms with van der Waals surface area (Å²) in [6.07, 6.45) is 6.05. The van der Waals surface area contributed by atoms with Crippen LogP contribution in [-0.4, -0.2) is 20.2 Å². The third-order valence-corrected chi connectivity index (χ3v) is 4.92. The largest absolute Gasteiger partial charge is 0.493 e. The van der Waals surface area contributed by atoms with E-state index in [2.05, 4.69) is 30.6 Å². The van der Waals surface area contributed by atoms with Crippen LogP contribution in [0.1, 0.15) is 42.9 Å². The molecule has 1 aliphatic heterocycles. The number of nitrogens with one attached hydrogen (secondary N) is 1. The van der Waals surface area contributed by atoms with Crippen LogP contribution < -0.4 is 15.8 Å². The molecule has 3 nitrogen and oxygen atoms in total. The summed E-state index contributed by atoms with van der Waals surface area (Å²) in [6.45, 7) is 1.63. The number of nitrogens with two attached hydrogens (primary N) is 1. The molecule has 3 heteroatoms. The number of aryl methyl sites for hydroxylation is 1. The van der Waals surface area contributed by atoms with Crippen molar-refractivity contribution in [3.8, 4) is 5.75 Å². The van der Waals surface area contributed by atoms with E-state index in [0.717, 1.165) is 31.7 Å². The number of hydrogen-bond donors (Lipinski definition) is 2. The number of fused-ring (bicyclic) bond motifs is 1. The summed E-state index contributed by atoms with van der Waals surface area (Å²) in [4.78, 5) is 0. The third-order valence-electron chi connectivity index (χ3n) is 4.92. The molecule has 1 saturated carbocycles. The van der Waals surface area contributed by atoms with Gasteiger partial charge in [0.2, 0.25) is 0 Å². The van der Waals surface area contributed by atoms with Crippen LogP contribution in [0, 0.1) is 5.41 Å². The molecule has 1 atom stereocenters. The molecule has 1 unspecified atom stereocenters. The average Bonchev–Trinajstić information content (AvgIpc) is 2.42. The van der Waals surface area contributed by atoms with Gasteiger partial charge in [-0.05, 0) is 56.5 Å². The Hall–Kier alpha value is -1.06. The van der Waals surface area contributed by atoms with Crippen molar-refractivity contribution in [3.63, 3.8) is 0 Å². The predicted molar refractivity (Wildman–Crippen MR) is 77.4 cm³/mol. The van der Waals surface area contributed by atoms with Crippen LogP contribution in [0.4, 0.5) is 0 Å². The number of ether oxygens (including phenoxy) is 1. The fourth-order valence-corrected chi connectivity index (χ4v) is 3.63. The molecule has 1 aliphatic carbocycles. The number of rotatable bonds is 4. The Kier molecular flexibility index (Phi) is 3.50. The lowest BCUT2D eigenvalue weighted by atomic mass is 9.62. The lowest BCUT2D eigenvalue weighted by Crippen LogP contribution is -2.47. The maximum Gasteiger partial charge on any atom is 0.122 e. The molecule has 0 saturated heterocycles. The summed E-state index contributed by atoms with van der Waals surface area (Å²) in [5.74, 6) is 1.07. The smallest absolute Gasteiger partial charge is 0.122 e. The molecular formula is C16H24N2O. The number of benzene rings is 1. The predicted octanol–water partition coefficient (Wildman–Crippen LogP) is 2.40. The molecular weight excluding hydrogens is 236 g/mol. The summed E-state index contributed by atoms with van der Waals surface area (Å²) in [5, 5.41) is 3.50. The molecule has 1 fully saturated rings. The van der Waals surface area contributed by atoms with E-state index in [-0.39, 0.29) is 5.41 Å². The highest BCUT2D eigenvalue weighted by molar-refractivity contribution is 5.40. The zero-order chi connectivity index (χ0) is 13.3. The summed E-state index contributed by atoms with van der Waals surface area (Å²) in [5.41, 5.74) is 9.05. The zero-order valence-corrected chi connectivity index (χ0v) is 11.7. The fourth-order valence-electron chi connectivity index (χ4n) is 3.63. The second-order valence-electron chi connectivity index (χ2n) is 5.96. The van der Waals surface area contributed by atoms with E-state index < -0.39 is 0 Å². The van der Waals surface area contributed by atoms with E-state index in [0.29, 0.717) is 6.04 Å². The first kappa shape index (κ1) is 12.9. The molecule has 0 spiro atoms.